The number of hydrogen-bond donors (Lipinski definition) is 1. The number of nitrogens with zero attached hydrogens (tertiary/aromatic N) is 3. The molecule has 0 unspecified atom stereocenters. The van der Waals surface area contributed by atoms with Gasteiger partial charge in [0.05, 0.1) is 17.1 Å². The van der Waals surface area contributed by atoms with Gasteiger partial charge in [0.1, 0.15) is 5.69 Å². The first-order valence-electron chi connectivity index (χ1n) is 6.43. The Bertz CT molecular complexity index is 739. The van der Waals surface area contributed by atoms with Gasteiger partial charge in [0.25, 0.3) is 0 Å². The molecule has 1 aliphatic rings. The Labute approximate surface area is 115 Å². The molecule has 1 fully saturated rings. The molecule has 4 nitrogen and oxygen atoms in total. The molecule has 1 aromatic carbocycles. The summed E-state index contributed by atoms with van der Waals surface area (Å²) in [6, 6.07) is 8.93. The molecule has 96 valence electrons. The van der Waals surface area contributed by atoms with E-state index in [0.717, 1.165) is 22.6 Å². The third-order valence-corrected chi connectivity index (χ3v) is 4.22. The molecule has 0 saturated heterocycles. The molecule has 0 spiro atoms. The highest BCUT2D eigenvalue weighted by molar-refractivity contribution is 7.98. The van der Waals surface area contributed by atoms with Crippen LogP contribution in [0.25, 0.3) is 22.6 Å². The summed E-state index contributed by atoms with van der Waals surface area (Å²) in [4.78, 5) is 9.33. The Balaban J connectivity index is 1.84. The van der Waals surface area contributed by atoms with Crippen LogP contribution in [0.3, 0.4) is 0 Å². The number of aromatic amines is 1. The van der Waals surface area contributed by atoms with Crippen molar-refractivity contribution in [2.45, 2.75) is 23.8 Å². The first kappa shape index (κ1) is 11.1. The summed E-state index contributed by atoms with van der Waals surface area (Å²) in [6.07, 6.45) is 6.39. The molecule has 19 heavy (non-hydrogen) atoms. The van der Waals surface area contributed by atoms with Gasteiger partial charge >= 0.3 is 0 Å². The van der Waals surface area contributed by atoms with Gasteiger partial charge in [0.15, 0.2) is 5.82 Å². The van der Waals surface area contributed by atoms with Gasteiger partial charge < -0.3 is 4.98 Å². The summed E-state index contributed by atoms with van der Waals surface area (Å²) in [5.74, 6) is 0.914. The number of rotatable bonds is 3. The van der Waals surface area contributed by atoms with Crippen molar-refractivity contribution in [3.05, 3.63) is 30.5 Å². The van der Waals surface area contributed by atoms with E-state index in [1.807, 2.05) is 12.3 Å². The SMILES string of the molecule is CSc1ccc2nc(-c3ccnn3C3CC3)[nH]c2c1. The van der Waals surface area contributed by atoms with Crippen LogP contribution in [0.5, 0.6) is 0 Å². The smallest absolute Gasteiger partial charge is 0.156 e. The number of benzene rings is 1. The number of aromatic nitrogens is 4. The minimum absolute atomic E-state index is 0.569. The monoisotopic (exact) mass is 270 g/mol. The summed E-state index contributed by atoms with van der Waals surface area (Å²) >= 11 is 1.74. The molecular formula is C14H14N4S. The molecule has 0 atom stereocenters. The number of H-pyrrole nitrogens is 1. The fraction of sp³-hybridized carbons (Fsp3) is 0.286. The zero-order chi connectivity index (χ0) is 12.8. The van der Waals surface area contributed by atoms with E-state index in [1.165, 1.54) is 17.7 Å². The molecule has 0 amide bonds. The van der Waals surface area contributed by atoms with Crippen molar-refractivity contribution in [3.8, 4) is 11.5 Å². The van der Waals surface area contributed by atoms with E-state index in [4.69, 9.17) is 0 Å². The fourth-order valence-corrected chi connectivity index (χ4v) is 2.79. The van der Waals surface area contributed by atoms with Crippen LogP contribution in [0, 0.1) is 0 Å². The van der Waals surface area contributed by atoms with Crippen LogP contribution >= 0.6 is 11.8 Å². The van der Waals surface area contributed by atoms with Crippen LogP contribution in [-0.4, -0.2) is 26.0 Å². The lowest BCUT2D eigenvalue weighted by atomic mass is 10.3. The van der Waals surface area contributed by atoms with Gasteiger partial charge in [-0.25, -0.2) is 4.98 Å². The predicted octanol–water partition coefficient (Wildman–Crippen LogP) is 3.48. The second-order valence-electron chi connectivity index (χ2n) is 4.86. The van der Waals surface area contributed by atoms with Crippen molar-refractivity contribution in [1.29, 1.82) is 0 Å². The van der Waals surface area contributed by atoms with Gasteiger partial charge in [-0.05, 0) is 43.4 Å². The van der Waals surface area contributed by atoms with Crippen LogP contribution in [-0.2, 0) is 0 Å². The molecule has 0 radical (unpaired) electrons. The maximum atomic E-state index is 4.68. The largest absolute Gasteiger partial charge is 0.337 e. The second kappa shape index (κ2) is 4.13. The maximum absolute atomic E-state index is 4.68. The van der Waals surface area contributed by atoms with Gasteiger partial charge in [0, 0.05) is 11.1 Å². The van der Waals surface area contributed by atoms with E-state index in [2.05, 4.69) is 44.2 Å². The molecule has 0 bridgehead atoms. The fourth-order valence-electron chi connectivity index (χ4n) is 2.35. The second-order valence-corrected chi connectivity index (χ2v) is 5.74. The van der Waals surface area contributed by atoms with E-state index in [9.17, 15) is 0 Å². The highest BCUT2D eigenvalue weighted by atomic mass is 32.2. The number of imidazole rings is 1. The van der Waals surface area contributed by atoms with Gasteiger partial charge in [-0.2, -0.15) is 5.10 Å². The summed E-state index contributed by atoms with van der Waals surface area (Å²) in [7, 11) is 0. The maximum Gasteiger partial charge on any atom is 0.156 e. The van der Waals surface area contributed by atoms with Crippen molar-refractivity contribution < 1.29 is 0 Å². The van der Waals surface area contributed by atoms with Gasteiger partial charge in [0.2, 0.25) is 0 Å². The number of fused-ring (bicyclic) bond motifs is 1. The molecule has 1 N–H and O–H groups in total. The first-order valence-corrected chi connectivity index (χ1v) is 7.65. The van der Waals surface area contributed by atoms with Crippen LogP contribution in [0.2, 0.25) is 0 Å². The lowest BCUT2D eigenvalue weighted by Gasteiger charge is -2.01. The highest BCUT2D eigenvalue weighted by Gasteiger charge is 2.27. The molecule has 3 aromatic rings. The Morgan fingerprint density at radius 3 is 3.00 bits per heavy atom. The first-order chi connectivity index (χ1) is 9.35. The van der Waals surface area contributed by atoms with Crippen LogP contribution < -0.4 is 0 Å². The normalized spacial score (nSPS) is 15.2. The van der Waals surface area contributed by atoms with E-state index >= 15 is 0 Å². The molecule has 1 saturated carbocycles. The van der Waals surface area contributed by atoms with Crippen molar-refractivity contribution in [1.82, 2.24) is 19.7 Å². The topological polar surface area (TPSA) is 46.5 Å². The molecular weight excluding hydrogens is 256 g/mol. The Hall–Kier alpha value is -1.75. The van der Waals surface area contributed by atoms with E-state index < -0.39 is 0 Å². The molecule has 2 heterocycles. The summed E-state index contributed by atoms with van der Waals surface area (Å²) in [5, 5.41) is 4.41. The molecule has 4 rings (SSSR count). The van der Waals surface area contributed by atoms with Crippen molar-refractivity contribution >= 4 is 22.8 Å². The van der Waals surface area contributed by atoms with Crippen molar-refractivity contribution in [2.24, 2.45) is 0 Å². The average molecular weight is 270 g/mol. The van der Waals surface area contributed by atoms with E-state index in [-0.39, 0.29) is 0 Å². The van der Waals surface area contributed by atoms with Crippen molar-refractivity contribution in [3.63, 3.8) is 0 Å². The van der Waals surface area contributed by atoms with Gasteiger partial charge in [-0.15, -0.1) is 11.8 Å². The third kappa shape index (κ3) is 1.85. The number of thioether (sulfide) groups is 1. The summed E-state index contributed by atoms with van der Waals surface area (Å²) in [5.41, 5.74) is 3.19. The Kier molecular flexibility index (Phi) is 2.41. The Morgan fingerprint density at radius 2 is 2.21 bits per heavy atom. The summed E-state index contributed by atoms with van der Waals surface area (Å²) in [6.45, 7) is 0. The lowest BCUT2D eigenvalue weighted by molar-refractivity contribution is 0.646. The van der Waals surface area contributed by atoms with Gasteiger partial charge in [-0.3, -0.25) is 4.68 Å². The highest BCUT2D eigenvalue weighted by Crippen LogP contribution is 2.37. The lowest BCUT2D eigenvalue weighted by Crippen LogP contribution is -1.99. The van der Waals surface area contributed by atoms with Crippen LogP contribution in [0.1, 0.15) is 18.9 Å². The minimum Gasteiger partial charge on any atom is -0.337 e. The van der Waals surface area contributed by atoms with Crippen LogP contribution in [0.15, 0.2) is 35.4 Å². The van der Waals surface area contributed by atoms with E-state index in [0.29, 0.717) is 6.04 Å². The van der Waals surface area contributed by atoms with Crippen LogP contribution in [0.4, 0.5) is 0 Å². The number of hydrogen-bond acceptors (Lipinski definition) is 3. The minimum atomic E-state index is 0.569. The molecule has 2 aromatic heterocycles. The summed E-state index contributed by atoms with van der Waals surface area (Å²) < 4.78 is 2.09. The standard InChI is InChI=1S/C14H14N4S/c1-19-10-4-5-11-12(8-10)17-14(16-11)13-6-7-15-18(13)9-2-3-9/h4-9H,2-3H2,1H3,(H,16,17). The molecule has 5 heteroatoms. The molecule has 1 aliphatic carbocycles. The quantitative estimate of drug-likeness (QED) is 0.741. The van der Waals surface area contributed by atoms with E-state index in [1.54, 1.807) is 11.8 Å². The predicted molar refractivity (Wildman–Crippen MR) is 77.4 cm³/mol. The molecule has 0 aliphatic heterocycles. The average Bonchev–Trinajstić information content (AvgIpc) is 3.02. The zero-order valence-corrected chi connectivity index (χ0v) is 11.4. The van der Waals surface area contributed by atoms with Crippen molar-refractivity contribution in [2.75, 3.05) is 6.26 Å². The zero-order valence-electron chi connectivity index (χ0n) is 10.6. The number of nitrogens with one attached hydrogen (secondary N) is 1. The van der Waals surface area contributed by atoms with Gasteiger partial charge in [-0.1, -0.05) is 0 Å². The Morgan fingerprint density at radius 1 is 1.32 bits per heavy atom. The third-order valence-electron chi connectivity index (χ3n) is 3.49.